The molecular weight excluding hydrogens is 220 g/mol. The van der Waals surface area contributed by atoms with Crippen LogP contribution in [0.15, 0.2) is 30.3 Å². The van der Waals surface area contributed by atoms with Gasteiger partial charge in [0.05, 0.1) is 7.11 Å². The molecule has 0 amide bonds. The first-order valence-electron chi connectivity index (χ1n) is 5.18. The molecule has 17 heavy (non-hydrogen) atoms. The first-order valence-corrected chi connectivity index (χ1v) is 5.18. The van der Waals surface area contributed by atoms with E-state index in [9.17, 15) is 9.59 Å². The van der Waals surface area contributed by atoms with E-state index in [1.807, 2.05) is 24.3 Å². The number of hydrogen-bond acceptors (Lipinski definition) is 3. The Labute approximate surface area is 99.5 Å². The van der Waals surface area contributed by atoms with Crippen LogP contribution in [0.4, 0.5) is 0 Å². The third kappa shape index (κ3) is 4.97. The van der Waals surface area contributed by atoms with Gasteiger partial charge in [-0.1, -0.05) is 24.3 Å². The minimum absolute atomic E-state index is 0.236. The van der Waals surface area contributed by atoms with Crippen molar-refractivity contribution in [3.63, 3.8) is 0 Å². The van der Waals surface area contributed by atoms with Gasteiger partial charge in [-0.15, -0.1) is 0 Å². The fourth-order valence-corrected chi connectivity index (χ4v) is 1.31. The fraction of sp³-hybridized carbons (Fsp3) is 0.231. The van der Waals surface area contributed by atoms with Crippen LogP contribution in [-0.4, -0.2) is 24.2 Å². The monoisotopic (exact) mass is 234 g/mol. The maximum absolute atomic E-state index is 10.9. The van der Waals surface area contributed by atoms with Crippen molar-refractivity contribution in [2.24, 2.45) is 0 Å². The molecule has 0 saturated carbocycles. The number of methoxy groups -OCH3 is 1. The van der Waals surface area contributed by atoms with E-state index in [1.54, 1.807) is 0 Å². The zero-order chi connectivity index (χ0) is 12.7. The maximum Gasteiger partial charge on any atom is 0.328 e. The van der Waals surface area contributed by atoms with E-state index < -0.39 is 5.97 Å². The molecule has 0 aliphatic heterocycles. The van der Waals surface area contributed by atoms with Crippen molar-refractivity contribution < 1.29 is 19.4 Å². The van der Waals surface area contributed by atoms with Crippen LogP contribution in [0.2, 0.25) is 0 Å². The molecule has 0 bridgehead atoms. The lowest BCUT2D eigenvalue weighted by Crippen LogP contribution is -2.01. The van der Waals surface area contributed by atoms with Gasteiger partial charge < -0.3 is 9.84 Å². The number of esters is 1. The Bertz CT molecular complexity index is 418. The fourth-order valence-electron chi connectivity index (χ4n) is 1.31. The Balaban J connectivity index is 2.56. The van der Waals surface area contributed by atoms with Crippen molar-refractivity contribution in [1.82, 2.24) is 0 Å². The number of hydrogen-bond donors (Lipinski definition) is 1. The highest BCUT2D eigenvalue weighted by atomic mass is 16.5. The Morgan fingerprint density at radius 1 is 1.29 bits per heavy atom. The normalized spacial score (nSPS) is 10.4. The lowest BCUT2D eigenvalue weighted by atomic mass is 10.1. The molecular formula is C13H14O4. The molecule has 0 aliphatic rings. The number of carboxylic acids is 1. The lowest BCUT2D eigenvalue weighted by molar-refractivity contribution is -0.140. The van der Waals surface area contributed by atoms with Crippen molar-refractivity contribution in [1.29, 1.82) is 0 Å². The molecule has 0 atom stereocenters. The summed E-state index contributed by atoms with van der Waals surface area (Å²) in [5, 5.41) is 8.46. The molecule has 0 heterocycles. The van der Waals surface area contributed by atoms with Crippen LogP contribution in [0.25, 0.3) is 6.08 Å². The lowest BCUT2D eigenvalue weighted by Gasteiger charge is -2.01. The Morgan fingerprint density at radius 2 is 1.94 bits per heavy atom. The number of ether oxygens (including phenoxy) is 1. The number of carbonyl (C=O) groups is 2. The van der Waals surface area contributed by atoms with Crippen LogP contribution in [0.1, 0.15) is 17.5 Å². The van der Waals surface area contributed by atoms with Crippen LogP contribution in [0.5, 0.6) is 0 Å². The van der Waals surface area contributed by atoms with Crippen molar-refractivity contribution in [2.45, 2.75) is 12.8 Å². The van der Waals surface area contributed by atoms with Crippen LogP contribution < -0.4 is 0 Å². The van der Waals surface area contributed by atoms with E-state index in [4.69, 9.17) is 5.11 Å². The number of aliphatic carboxylic acids is 1. The molecule has 0 aromatic heterocycles. The van der Waals surface area contributed by atoms with Gasteiger partial charge >= 0.3 is 11.9 Å². The van der Waals surface area contributed by atoms with Gasteiger partial charge in [0, 0.05) is 12.5 Å². The van der Waals surface area contributed by atoms with Gasteiger partial charge in [-0.2, -0.15) is 0 Å². The smallest absolute Gasteiger partial charge is 0.328 e. The number of carbonyl (C=O) groups excluding carboxylic acids is 1. The summed E-state index contributed by atoms with van der Waals surface area (Å²) in [6.45, 7) is 0. The van der Waals surface area contributed by atoms with E-state index in [0.717, 1.165) is 17.2 Å². The number of aryl methyl sites for hydroxylation is 1. The topological polar surface area (TPSA) is 63.6 Å². The van der Waals surface area contributed by atoms with Crippen molar-refractivity contribution in [3.8, 4) is 0 Å². The highest BCUT2D eigenvalue weighted by Gasteiger charge is 2.00. The van der Waals surface area contributed by atoms with E-state index >= 15 is 0 Å². The standard InChI is InChI=1S/C13H14O4/c1-17-13(16)9-7-11-4-2-10(3-5-11)6-8-12(14)15/h2-6,8H,7,9H2,1H3,(H,14,15). The number of carboxylic acid groups (broad SMARTS) is 1. The zero-order valence-corrected chi connectivity index (χ0v) is 9.55. The van der Waals surface area contributed by atoms with Crippen LogP contribution in [0.3, 0.4) is 0 Å². The van der Waals surface area contributed by atoms with E-state index in [-0.39, 0.29) is 5.97 Å². The van der Waals surface area contributed by atoms with Crippen LogP contribution in [-0.2, 0) is 20.7 Å². The summed E-state index contributed by atoms with van der Waals surface area (Å²) in [5.74, 6) is -1.21. The number of benzene rings is 1. The molecule has 0 fully saturated rings. The molecule has 90 valence electrons. The molecule has 0 unspecified atom stereocenters. The second kappa shape index (κ2) is 6.48. The second-order valence-corrected chi connectivity index (χ2v) is 3.49. The van der Waals surface area contributed by atoms with Crippen LogP contribution >= 0.6 is 0 Å². The molecule has 4 nitrogen and oxygen atoms in total. The minimum Gasteiger partial charge on any atom is -0.478 e. The SMILES string of the molecule is COC(=O)CCc1ccc(C=CC(=O)O)cc1. The summed E-state index contributed by atoms with van der Waals surface area (Å²) in [4.78, 5) is 21.2. The summed E-state index contributed by atoms with van der Waals surface area (Å²) in [5.41, 5.74) is 1.83. The summed E-state index contributed by atoms with van der Waals surface area (Å²) < 4.78 is 4.55. The van der Waals surface area contributed by atoms with Gasteiger partial charge in [-0.3, -0.25) is 4.79 Å². The minimum atomic E-state index is -0.972. The highest BCUT2D eigenvalue weighted by Crippen LogP contribution is 2.08. The Hall–Kier alpha value is -2.10. The molecule has 0 saturated heterocycles. The molecule has 1 aromatic rings. The largest absolute Gasteiger partial charge is 0.478 e. The van der Waals surface area contributed by atoms with Gasteiger partial charge in [0.15, 0.2) is 0 Å². The van der Waals surface area contributed by atoms with Crippen molar-refractivity contribution >= 4 is 18.0 Å². The third-order valence-corrected chi connectivity index (χ3v) is 2.24. The molecule has 1 aromatic carbocycles. The average Bonchev–Trinajstić information content (AvgIpc) is 2.34. The predicted octanol–water partition coefficient (Wildman–Crippen LogP) is 1.89. The van der Waals surface area contributed by atoms with Crippen molar-refractivity contribution in [2.75, 3.05) is 7.11 Å². The Kier molecular flexibility index (Phi) is 4.94. The molecule has 1 rings (SSSR count). The summed E-state index contributed by atoms with van der Waals surface area (Å²) in [7, 11) is 1.36. The molecule has 0 radical (unpaired) electrons. The Morgan fingerprint density at radius 3 is 2.47 bits per heavy atom. The number of rotatable bonds is 5. The van der Waals surface area contributed by atoms with Gasteiger partial charge in [0.25, 0.3) is 0 Å². The summed E-state index contributed by atoms with van der Waals surface area (Å²) >= 11 is 0. The van der Waals surface area contributed by atoms with Crippen LogP contribution in [0, 0.1) is 0 Å². The zero-order valence-electron chi connectivity index (χ0n) is 9.55. The molecule has 0 spiro atoms. The first-order chi connectivity index (χ1) is 8.11. The summed E-state index contributed by atoms with van der Waals surface area (Å²) in [6.07, 6.45) is 3.58. The quantitative estimate of drug-likeness (QED) is 0.624. The second-order valence-electron chi connectivity index (χ2n) is 3.49. The average molecular weight is 234 g/mol. The van der Waals surface area contributed by atoms with Crippen molar-refractivity contribution in [3.05, 3.63) is 41.5 Å². The van der Waals surface area contributed by atoms with E-state index in [2.05, 4.69) is 4.74 Å². The maximum atomic E-state index is 10.9. The van der Waals surface area contributed by atoms with Gasteiger partial charge in [-0.25, -0.2) is 4.79 Å². The summed E-state index contributed by atoms with van der Waals surface area (Å²) in [6, 6.07) is 7.35. The van der Waals surface area contributed by atoms with Gasteiger partial charge in [0.2, 0.25) is 0 Å². The first kappa shape index (κ1) is 13.0. The predicted molar refractivity (Wildman–Crippen MR) is 63.4 cm³/mol. The van der Waals surface area contributed by atoms with Gasteiger partial charge in [-0.05, 0) is 23.6 Å². The van der Waals surface area contributed by atoms with Gasteiger partial charge in [0.1, 0.15) is 0 Å². The van der Waals surface area contributed by atoms with E-state index in [1.165, 1.54) is 13.2 Å². The third-order valence-electron chi connectivity index (χ3n) is 2.24. The highest BCUT2D eigenvalue weighted by molar-refractivity contribution is 5.85. The molecule has 0 aliphatic carbocycles. The molecule has 1 N–H and O–H groups in total. The molecule has 4 heteroatoms. The van der Waals surface area contributed by atoms with E-state index in [0.29, 0.717) is 12.8 Å².